The average molecular weight is 312 g/mol. The molecule has 0 bridgehead atoms. The van der Waals surface area contributed by atoms with Crippen LogP contribution in [0.2, 0.25) is 5.02 Å². The molecule has 110 valence electrons. The zero-order chi connectivity index (χ0) is 15.0. The van der Waals surface area contributed by atoms with Gasteiger partial charge in [0.2, 0.25) is 0 Å². The Labute approximate surface area is 124 Å². The fourth-order valence-corrected chi connectivity index (χ4v) is 2.68. The highest BCUT2D eigenvalue weighted by atomic mass is 35.5. The molecule has 0 radical (unpaired) electrons. The molecule has 1 amide bonds. The minimum Gasteiger partial charge on any atom is -0.347 e. The lowest BCUT2D eigenvalue weighted by Gasteiger charge is -2.24. The number of rotatable bonds is 2. The minimum atomic E-state index is -1.09. The van der Waals surface area contributed by atoms with Crippen LogP contribution in [0.4, 0.5) is 8.78 Å². The van der Waals surface area contributed by atoms with Crippen molar-refractivity contribution in [3.63, 3.8) is 0 Å². The van der Waals surface area contributed by atoms with Gasteiger partial charge in [-0.1, -0.05) is 11.6 Å². The maximum absolute atomic E-state index is 13.2. The summed E-state index contributed by atoms with van der Waals surface area (Å²) in [5.74, 6) is -1.69. The second-order valence-electron chi connectivity index (χ2n) is 4.95. The van der Waals surface area contributed by atoms with E-state index in [9.17, 15) is 13.6 Å². The van der Waals surface area contributed by atoms with E-state index in [0.717, 1.165) is 30.8 Å². The van der Waals surface area contributed by atoms with Crippen molar-refractivity contribution >= 4 is 17.5 Å². The summed E-state index contributed by atoms with van der Waals surface area (Å²) in [5, 5.41) is 2.69. The smallest absolute Gasteiger partial charge is 0.253 e. The maximum Gasteiger partial charge on any atom is 0.253 e. The maximum atomic E-state index is 13.2. The summed E-state index contributed by atoms with van der Waals surface area (Å²) in [7, 11) is 0. The molecule has 0 aliphatic carbocycles. The second kappa shape index (κ2) is 5.44. The third-order valence-corrected chi connectivity index (χ3v) is 3.84. The van der Waals surface area contributed by atoms with Crippen LogP contribution in [-0.4, -0.2) is 21.5 Å². The standard InChI is InChI=1S/C14H12ClF2N3O/c15-10-6-12(17)11(16)5-9(10)14(21)19-8-1-2-13-18-3-4-20(13)7-8/h3-6,8H,1-2,7H2,(H,19,21)/t8-/m0/s1. The Morgan fingerprint density at radius 1 is 1.38 bits per heavy atom. The highest BCUT2D eigenvalue weighted by molar-refractivity contribution is 6.33. The largest absolute Gasteiger partial charge is 0.347 e. The zero-order valence-electron chi connectivity index (χ0n) is 10.9. The Morgan fingerprint density at radius 2 is 2.14 bits per heavy atom. The molecule has 0 fully saturated rings. The van der Waals surface area contributed by atoms with E-state index in [4.69, 9.17) is 11.6 Å². The van der Waals surface area contributed by atoms with E-state index in [1.54, 1.807) is 6.20 Å². The number of carbonyl (C=O) groups excluding carboxylic acids is 1. The van der Waals surface area contributed by atoms with Gasteiger partial charge in [0.15, 0.2) is 11.6 Å². The Hall–Kier alpha value is -1.95. The lowest BCUT2D eigenvalue weighted by molar-refractivity contribution is 0.0927. The van der Waals surface area contributed by atoms with Gasteiger partial charge in [-0.2, -0.15) is 0 Å². The topological polar surface area (TPSA) is 46.9 Å². The highest BCUT2D eigenvalue weighted by Gasteiger charge is 2.22. The predicted molar refractivity (Wildman–Crippen MR) is 73.2 cm³/mol. The number of hydrogen-bond donors (Lipinski definition) is 1. The Kier molecular flexibility index (Phi) is 3.63. The van der Waals surface area contributed by atoms with Crippen molar-refractivity contribution in [3.05, 3.63) is 52.6 Å². The van der Waals surface area contributed by atoms with Crippen LogP contribution in [0, 0.1) is 11.6 Å². The predicted octanol–water partition coefficient (Wildman–Crippen LogP) is 2.56. The quantitative estimate of drug-likeness (QED) is 0.867. The van der Waals surface area contributed by atoms with E-state index >= 15 is 0 Å². The van der Waals surface area contributed by atoms with Gasteiger partial charge in [0.05, 0.1) is 10.6 Å². The second-order valence-corrected chi connectivity index (χ2v) is 5.36. The van der Waals surface area contributed by atoms with Crippen molar-refractivity contribution in [1.29, 1.82) is 0 Å². The van der Waals surface area contributed by atoms with Crippen molar-refractivity contribution in [3.8, 4) is 0 Å². The van der Waals surface area contributed by atoms with Crippen LogP contribution < -0.4 is 5.32 Å². The van der Waals surface area contributed by atoms with E-state index in [2.05, 4.69) is 10.3 Å². The van der Waals surface area contributed by atoms with Gasteiger partial charge in [0.25, 0.3) is 5.91 Å². The Morgan fingerprint density at radius 3 is 2.95 bits per heavy atom. The van der Waals surface area contributed by atoms with Crippen LogP contribution in [0.3, 0.4) is 0 Å². The Bertz CT molecular complexity index is 702. The first-order valence-corrected chi connectivity index (χ1v) is 6.88. The number of halogens is 3. The van der Waals surface area contributed by atoms with Gasteiger partial charge in [-0.25, -0.2) is 13.8 Å². The SMILES string of the molecule is O=C(N[C@H]1CCc2nccn2C1)c1cc(F)c(F)cc1Cl. The normalized spacial score (nSPS) is 17.4. The van der Waals surface area contributed by atoms with Gasteiger partial charge in [0.1, 0.15) is 5.82 Å². The zero-order valence-corrected chi connectivity index (χ0v) is 11.7. The monoisotopic (exact) mass is 311 g/mol. The van der Waals surface area contributed by atoms with E-state index in [1.165, 1.54) is 0 Å². The molecular formula is C14H12ClF2N3O. The van der Waals surface area contributed by atoms with Gasteiger partial charge in [-0.3, -0.25) is 4.79 Å². The summed E-state index contributed by atoms with van der Waals surface area (Å²) in [6, 6.07) is 1.53. The third kappa shape index (κ3) is 2.76. The van der Waals surface area contributed by atoms with Crippen LogP contribution in [-0.2, 0) is 13.0 Å². The lowest BCUT2D eigenvalue weighted by Crippen LogP contribution is -2.41. The van der Waals surface area contributed by atoms with Crippen LogP contribution in [0.1, 0.15) is 22.6 Å². The molecule has 1 N–H and O–H groups in total. The van der Waals surface area contributed by atoms with Gasteiger partial charge in [-0.05, 0) is 18.6 Å². The van der Waals surface area contributed by atoms with Crippen LogP contribution >= 0.6 is 11.6 Å². The van der Waals surface area contributed by atoms with Gasteiger partial charge in [0, 0.05) is 31.4 Å². The molecule has 2 heterocycles. The number of hydrogen-bond acceptors (Lipinski definition) is 2. The van der Waals surface area contributed by atoms with Crippen molar-refractivity contribution in [1.82, 2.24) is 14.9 Å². The van der Waals surface area contributed by atoms with Gasteiger partial charge in [-0.15, -0.1) is 0 Å². The first-order chi connectivity index (χ1) is 10.0. The molecule has 2 aromatic rings. The van der Waals surface area contributed by atoms with E-state index < -0.39 is 17.5 Å². The number of fused-ring (bicyclic) bond motifs is 1. The number of imidazole rings is 1. The molecule has 1 aliphatic rings. The number of amides is 1. The van der Waals surface area contributed by atoms with Crippen LogP contribution in [0.15, 0.2) is 24.5 Å². The highest BCUT2D eigenvalue weighted by Crippen LogP contribution is 2.21. The molecule has 7 heteroatoms. The molecule has 0 spiro atoms. The summed E-state index contributed by atoms with van der Waals surface area (Å²) in [4.78, 5) is 16.3. The van der Waals surface area contributed by atoms with Crippen molar-refractivity contribution < 1.29 is 13.6 Å². The van der Waals surface area contributed by atoms with Crippen molar-refractivity contribution in [2.75, 3.05) is 0 Å². The third-order valence-electron chi connectivity index (χ3n) is 3.53. The number of benzene rings is 1. The molecular weight excluding hydrogens is 300 g/mol. The number of nitrogens with zero attached hydrogens (tertiary/aromatic N) is 2. The summed E-state index contributed by atoms with van der Waals surface area (Å²) in [6.07, 6.45) is 5.05. The number of aryl methyl sites for hydroxylation is 1. The molecule has 1 aromatic carbocycles. The van der Waals surface area contributed by atoms with Gasteiger partial charge < -0.3 is 9.88 Å². The molecule has 0 saturated heterocycles. The van der Waals surface area contributed by atoms with Crippen molar-refractivity contribution in [2.24, 2.45) is 0 Å². The van der Waals surface area contributed by atoms with E-state index in [-0.39, 0.29) is 16.6 Å². The minimum absolute atomic E-state index is 0.0630. The molecule has 21 heavy (non-hydrogen) atoms. The Balaban J connectivity index is 1.74. The molecule has 1 aromatic heterocycles. The number of aromatic nitrogens is 2. The lowest BCUT2D eigenvalue weighted by atomic mass is 10.1. The van der Waals surface area contributed by atoms with Crippen LogP contribution in [0.25, 0.3) is 0 Å². The van der Waals surface area contributed by atoms with E-state index in [1.807, 2.05) is 10.8 Å². The first-order valence-electron chi connectivity index (χ1n) is 6.50. The van der Waals surface area contributed by atoms with Crippen molar-refractivity contribution in [2.45, 2.75) is 25.4 Å². The molecule has 1 atom stereocenters. The molecule has 0 saturated carbocycles. The summed E-state index contributed by atoms with van der Waals surface area (Å²) in [5.41, 5.74) is -0.0630. The molecule has 4 nitrogen and oxygen atoms in total. The first kappa shape index (κ1) is 14.0. The molecule has 0 unspecified atom stereocenters. The number of nitrogens with one attached hydrogen (secondary N) is 1. The van der Waals surface area contributed by atoms with Gasteiger partial charge >= 0.3 is 0 Å². The fourth-order valence-electron chi connectivity index (χ4n) is 2.44. The summed E-state index contributed by atoms with van der Waals surface area (Å²) < 4.78 is 28.2. The molecule has 1 aliphatic heterocycles. The summed E-state index contributed by atoms with van der Waals surface area (Å²) in [6.45, 7) is 0.600. The van der Waals surface area contributed by atoms with Crippen LogP contribution in [0.5, 0.6) is 0 Å². The molecule has 3 rings (SSSR count). The summed E-state index contributed by atoms with van der Waals surface area (Å²) >= 11 is 5.79. The van der Waals surface area contributed by atoms with E-state index in [0.29, 0.717) is 6.54 Å². The average Bonchev–Trinajstić information content (AvgIpc) is 2.90. The number of carbonyl (C=O) groups is 1. The fraction of sp³-hybridized carbons (Fsp3) is 0.286.